The van der Waals surface area contributed by atoms with Gasteiger partial charge in [0.15, 0.2) is 0 Å². The van der Waals surface area contributed by atoms with Crippen molar-refractivity contribution in [1.82, 2.24) is 5.32 Å². The van der Waals surface area contributed by atoms with E-state index in [2.05, 4.69) is 79.9 Å². The first-order valence-electron chi connectivity index (χ1n) is 20.6. The molecule has 0 fully saturated rings. The second-order valence-corrected chi connectivity index (χ2v) is 15.4. The van der Waals surface area contributed by atoms with Gasteiger partial charge in [-0.2, -0.15) is 8.42 Å². The van der Waals surface area contributed by atoms with Crippen LogP contribution in [0.5, 0.6) is 0 Å². The van der Waals surface area contributed by atoms with E-state index < -0.39 is 28.0 Å². The van der Waals surface area contributed by atoms with Crippen molar-refractivity contribution in [3.63, 3.8) is 0 Å². The summed E-state index contributed by atoms with van der Waals surface area (Å²) >= 11 is 0. The second kappa shape index (κ2) is 37.5. The van der Waals surface area contributed by atoms with Crippen LogP contribution >= 0.6 is 0 Å². The van der Waals surface area contributed by atoms with E-state index in [4.69, 9.17) is 0 Å². The van der Waals surface area contributed by atoms with E-state index in [1.54, 1.807) is 6.08 Å². The van der Waals surface area contributed by atoms with Gasteiger partial charge in [0.2, 0.25) is 5.91 Å². The number of rotatable bonds is 36. The molecule has 2 unspecified atom stereocenters. The average molecular weight is 732 g/mol. The molecule has 3 N–H and O–H groups in total. The van der Waals surface area contributed by atoms with E-state index in [1.807, 2.05) is 0 Å². The number of carbonyl (C=O) groups is 1. The Morgan fingerprint density at radius 1 is 0.549 bits per heavy atom. The van der Waals surface area contributed by atoms with Crippen molar-refractivity contribution in [2.45, 2.75) is 193 Å². The number of aliphatic hydroxyl groups is 1. The fraction of sp³-hybridized carbons (Fsp3) is 0.705. The van der Waals surface area contributed by atoms with Gasteiger partial charge in [0.05, 0.1) is 17.9 Å². The normalized spacial score (nSPS) is 14.0. The number of carbonyl (C=O) groups excluding carboxylic acids is 1. The molecule has 51 heavy (non-hydrogen) atoms. The maximum absolute atomic E-state index is 12.5. The molecule has 7 heteroatoms. The fourth-order valence-corrected chi connectivity index (χ4v) is 6.54. The molecule has 0 radical (unpaired) electrons. The van der Waals surface area contributed by atoms with Gasteiger partial charge in [-0.25, -0.2) is 0 Å². The number of unbranched alkanes of at least 4 members (excludes halogenated alkanes) is 18. The Hall–Kier alpha value is -2.22. The fourth-order valence-electron chi connectivity index (χ4n) is 5.81. The molecule has 0 rings (SSSR count). The molecule has 0 aliphatic rings. The van der Waals surface area contributed by atoms with Crippen molar-refractivity contribution in [1.29, 1.82) is 0 Å². The second-order valence-electron chi connectivity index (χ2n) is 13.9. The van der Waals surface area contributed by atoms with Crippen molar-refractivity contribution in [3.05, 3.63) is 72.9 Å². The van der Waals surface area contributed by atoms with Crippen LogP contribution in [0.2, 0.25) is 0 Å². The van der Waals surface area contributed by atoms with Crippen LogP contribution in [0.15, 0.2) is 72.9 Å². The van der Waals surface area contributed by atoms with Crippen LogP contribution in [0.3, 0.4) is 0 Å². The maximum atomic E-state index is 12.5. The highest BCUT2D eigenvalue weighted by Gasteiger charge is 2.24. The molecular weight excluding hydrogens is 655 g/mol. The van der Waals surface area contributed by atoms with E-state index in [1.165, 1.54) is 76.7 Å². The number of allylic oxidation sites excluding steroid dienone is 11. The minimum Gasteiger partial charge on any atom is -0.387 e. The highest BCUT2D eigenvalue weighted by atomic mass is 32.2. The maximum Gasteiger partial charge on any atom is 0.267 e. The summed E-state index contributed by atoms with van der Waals surface area (Å²) in [6.45, 7) is 4.41. The molecule has 0 aliphatic carbocycles. The van der Waals surface area contributed by atoms with Gasteiger partial charge >= 0.3 is 0 Å². The van der Waals surface area contributed by atoms with E-state index in [9.17, 15) is 22.9 Å². The topological polar surface area (TPSA) is 104 Å². The summed E-state index contributed by atoms with van der Waals surface area (Å²) in [5.74, 6) is -1.02. The van der Waals surface area contributed by atoms with Gasteiger partial charge in [-0.1, -0.05) is 177 Å². The Balaban J connectivity index is 4.02. The zero-order valence-corrected chi connectivity index (χ0v) is 33.5. The molecule has 0 spiro atoms. The lowest BCUT2D eigenvalue weighted by Gasteiger charge is -2.21. The molecule has 0 saturated heterocycles. The van der Waals surface area contributed by atoms with Crippen molar-refractivity contribution < 1.29 is 22.9 Å². The molecular formula is C44H77NO5S. The highest BCUT2D eigenvalue weighted by Crippen LogP contribution is 2.13. The van der Waals surface area contributed by atoms with Crippen molar-refractivity contribution >= 4 is 16.0 Å². The van der Waals surface area contributed by atoms with E-state index in [0.717, 1.165) is 77.0 Å². The number of nitrogens with one attached hydrogen (secondary N) is 1. The zero-order valence-electron chi connectivity index (χ0n) is 32.7. The van der Waals surface area contributed by atoms with Crippen LogP contribution in [-0.2, 0) is 14.9 Å². The number of hydrogen-bond acceptors (Lipinski definition) is 4. The van der Waals surface area contributed by atoms with Crippen LogP contribution in [0.25, 0.3) is 0 Å². The minimum atomic E-state index is -4.36. The number of amides is 1. The quantitative estimate of drug-likeness (QED) is 0.0338. The highest BCUT2D eigenvalue weighted by molar-refractivity contribution is 7.85. The lowest BCUT2D eigenvalue weighted by atomic mass is 10.1. The Morgan fingerprint density at radius 3 is 1.47 bits per heavy atom. The molecule has 2 atom stereocenters. The zero-order chi connectivity index (χ0) is 37.5. The number of hydrogen-bond donors (Lipinski definition) is 3. The lowest BCUT2D eigenvalue weighted by Crippen LogP contribution is -2.46. The third-order valence-electron chi connectivity index (χ3n) is 8.87. The van der Waals surface area contributed by atoms with Crippen molar-refractivity contribution in [3.8, 4) is 0 Å². The molecule has 0 aromatic rings. The van der Waals surface area contributed by atoms with Crippen LogP contribution in [0.4, 0.5) is 0 Å². The Kier molecular flexibility index (Phi) is 35.9. The predicted octanol–water partition coefficient (Wildman–Crippen LogP) is 12.2. The molecule has 6 nitrogen and oxygen atoms in total. The van der Waals surface area contributed by atoms with Gasteiger partial charge in [-0.05, 0) is 70.6 Å². The summed E-state index contributed by atoms with van der Waals surface area (Å²) in [6.07, 6.45) is 53.1. The molecule has 1 amide bonds. The molecule has 0 heterocycles. The molecule has 294 valence electrons. The standard InChI is InChI=1S/C44H77NO5S/c1-3-5-7-9-11-13-15-17-19-21-22-24-26-28-30-32-34-36-38-40-44(47)45-42(41-51(48,49)50)43(46)39-37-35-33-31-29-27-25-23-20-18-16-14-12-10-8-6-4-2/h5,7,11,13,17,19,22,24,29,31,37,39,42-43,46H,3-4,6,8-10,12,14-16,18,20-21,23,25-28,30,32-36,38,40-41H2,1-2H3,(H,45,47)(H,48,49,50)/b7-5-,13-11-,19-17-,24-22-,31-29+,39-37+. The average Bonchev–Trinajstić information content (AvgIpc) is 3.09. The van der Waals surface area contributed by atoms with Gasteiger partial charge in [0.1, 0.15) is 0 Å². The van der Waals surface area contributed by atoms with Gasteiger partial charge in [-0.15, -0.1) is 0 Å². The summed E-state index contributed by atoms with van der Waals surface area (Å²) in [5, 5.41) is 13.2. The third kappa shape index (κ3) is 38.8. The largest absolute Gasteiger partial charge is 0.387 e. The van der Waals surface area contributed by atoms with E-state index in [-0.39, 0.29) is 12.3 Å². The summed E-state index contributed by atoms with van der Waals surface area (Å²) in [4.78, 5) is 12.5. The first-order valence-corrected chi connectivity index (χ1v) is 22.2. The molecule has 0 aromatic heterocycles. The molecule has 0 saturated carbocycles. The Bertz CT molecular complexity index is 1070. The molecule has 0 bridgehead atoms. The molecule has 0 aliphatic heterocycles. The molecule has 0 aromatic carbocycles. The first-order chi connectivity index (χ1) is 24.8. The summed E-state index contributed by atoms with van der Waals surface area (Å²) in [7, 11) is -4.36. The van der Waals surface area contributed by atoms with Crippen LogP contribution in [-0.4, -0.2) is 41.9 Å². The number of aliphatic hydroxyl groups excluding tert-OH is 1. The monoisotopic (exact) mass is 732 g/mol. The van der Waals surface area contributed by atoms with Gasteiger partial charge in [-0.3, -0.25) is 9.35 Å². The van der Waals surface area contributed by atoms with Crippen molar-refractivity contribution in [2.75, 3.05) is 5.75 Å². The smallest absolute Gasteiger partial charge is 0.267 e. The first kappa shape index (κ1) is 48.8. The van der Waals surface area contributed by atoms with Gasteiger partial charge < -0.3 is 10.4 Å². The van der Waals surface area contributed by atoms with Gasteiger partial charge in [0, 0.05) is 6.42 Å². The van der Waals surface area contributed by atoms with Gasteiger partial charge in [0.25, 0.3) is 10.1 Å². The summed E-state index contributed by atoms with van der Waals surface area (Å²) < 4.78 is 32.5. The third-order valence-corrected chi connectivity index (χ3v) is 9.65. The van der Waals surface area contributed by atoms with Crippen LogP contribution in [0, 0.1) is 0 Å². The van der Waals surface area contributed by atoms with E-state index in [0.29, 0.717) is 12.8 Å². The Morgan fingerprint density at radius 2 is 0.961 bits per heavy atom. The van der Waals surface area contributed by atoms with Crippen LogP contribution in [0.1, 0.15) is 181 Å². The van der Waals surface area contributed by atoms with E-state index >= 15 is 0 Å². The summed E-state index contributed by atoms with van der Waals surface area (Å²) in [6, 6.07) is -1.08. The van der Waals surface area contributed by atoms with Crippen molar-refractivity contribution in [2.24, 2.45) is 0 Å². The minimum absolute atomic E-state index is 0.268. The predicted molar refractivity (Wildman–Crippen MR) is 221 cm³/mol. The summed E-state index contributed by atoms with van der Waals surface area (Å²) in [5.41, 5.74) is 0. The Labute approximate surface area is 314 Å². The van der Waals surface area contributed by atoms with Crippen LogP contribution < -0.4 is 5.32 Å². The SMILES string of the molecule is CC/C=C\C/C=C\C/C=C\C/C=C\CCCCCCCCC(=O)NC(CS(=O)(=O)O)C(O)/C=C/CC/C=C/CCCCCCCCCCCCC. The lowest BCUT2D eigenvalue weighted by molar-refractivity contribution is -0.122.